The molecule has 0 radical (unpaired) electrons. The van der Waals surface area contributed by atoms with Crippen molar-refractivity contribution in [3.8, 4) is 22.6 Å². The lowest BCUT2D eigenvalue weighted by atomic mass is 9.98. The average molecular weight is 362 g/mol. The number of halogens is 4. The number of aryl methyl sites for hydroxylation is 2. The lowest BCUT2D eigenvalue weighted by Crippen LogP contribution is -2.18. The standard InChI is InChI=1S/C17H18F3NO2.ClH/c1-11-3-5-14(12(2)9-11)13-4-6-15(22-8-7-21)16(10-13)23-17(18,19)20;/h3-6,9-10H,7-8,21H2,1-2H3;1H. The van der Waals surface area contributed by atoms with Crippen LogP contribution in [0.2, 0.25) is 0 Å². The highest BCUT2D eigenvalue weighted by molar-refractivity contribution is 5.85. The number of hydrogen-bond donors (Lipinski definition) is 1. The molecule has 132 valence electrons. The molecule has 0 saturated carbocycles. The Balaban J connectivity index is 0.00000288. The van der Waals surface area contributed by atoms with E-state index in [1.807, 2.05) is 32.0 Å². The van der Waals surface area contributed by atoms with Gasteiger partial charge in [0, 0.05) is 6.54 Å². The first-order valence-electron chi connectivity index (χ1n) is 7.10. The van der Waals surface area contributed by atoms with Gasteiger partial charge in [0.1, 0.15) is 6.61 Å². The maximum atomic E-state index is 12.6. The Bertz CT molecular complexity index is 690. The third kappa shape index (κ3) is 5.32. The Morgan fingerprint density at radius 2 is 1.71 bits per heavy atom. The maximum Gasteiger partial charge on any atom is 0.573 e. The molecule has 0 aromatic heterocycles. The third-order valence-electron chi connectivity index (χ3n) is 3.24. The van der Waals surface area contributed by atoms with Gasteiger partial charge in [-0.3, -0.25) is 0 Å². The molecule has 0 bridgehead atoms. The summed E-state index contributed by atoms with van der Waals surface area (Å²) in [6.07, 6.45) is -4.79. The highest BCUT2D eigenvalue weighted by atomic mass is 35.5. The predicted octanol–water partition coefficient (Wildman–Crippen LogP) is 4.63. The van der Waals surface area contributed by atoms with Gasteiger partial charge in [-0.15, -0.1) is 25.6 Å². The first-order chi connectivity index (χ1) is 10.8. The second-order valence-corrected chi connectivity index (χ2v) is 5.16. The fourth-order valence-corrected chi connectivity index (χ4v) is 2.31. The topological polar surface area (TPSA) is 44.5 Å². The minimum atomic E-state index is -4.79. The summed E-state index contributed by atoms with van der Waals surface area (Å²) >= 11 is 0. The maximum absolute atomic E-state index is 12.6. The van der Waals surface area contributed by atoms with Crippen LogP contribution in [-0.2, 0) is 0 Å². The van der Waals surface area contributed by atoms with Crippen LogP contribution in [0.3, 0.4) is 0 Å². The first-order valence-corrected chi connectivity index (χ1v) is 7.10. The van der Waals surface area contributed by atoms with Gasteiger partial charge in [0.25, 0.3) is 0 Å². The van der Waals surface area contributed by atoms with Crippen LogP contribution in [0.1, 0.15) is 11.1 Å². The van der Waals surface area contributed by atoms with Crippen molar-refractivity contribution in [2.24, 2.45) is 5.73 Å². The molecule has 0 fully saturated rings. The first kappa shape index (κ1) is 20.1. The fraction of sp³-hybridized carbons (Fsp3) is 0.294. The third-order valence-corrected chi connectivity index (χ3v) is 3.24. The van der Waals surface area contributed by atoms with Crippen LogP contribution >= 0.6 is 12.4 Å². The van der Waals surface area contributed by atoms with Crippen LogP contribution in [0.4, 0.5) is 13.2 Å². The zero-order valence-corrected chi connectivity index (χ0v) is 14.1. The molecule has 2 aromatic rings. The largest absolute Gasteiger partial charge is 0.573 e. The fourth-order valence-electron chi connectivity index (χ4n) is 2.31. The molecule has 0 aliphatic heterocycles. The van der Waals surface area contributed by atoms with Gasteiger partial charge in [-0.1, -0.05) is 29.8 Å². The predicted molar refractivity (Wildman–Crippen MR) is 89.8 cm³/mol. The lowest BCUT2D eigenvalue weighted by Gasteiger charge is -2.16. The van der Waals surface area contributed by atoms with Crippen molar-refractivity contribution in [2.75, 3.05) is 13.2 Å². The summed E-state index contributed by atoms with van der Waals surface area (Å²) in [5.74, 6) is -0.357. The van der Waals surface area contributed by atoms with E-state index in [-0.39, 0.29) is 37.1 Å². The van der Waals surface area contributed by atoms with Crippen LogP contribution < -0.4 is 15.2 Å². The SMILES string of the molecule is Cc1ccc(-c2ccc(OCCN)c(OC(F)(F)F)c2)c(C)c1.Cl. The van der Waals surface area contributed by atoms with E-state index in [1.165, 1.54) is 12.1 Å². The lowest BCUT2D eigenvalue weighted by molar-refractivity contribution is -0.275. The number of rotatable bonds is 5. The van der Waals surface area contributed by atoms with Gasteiger partial charge < -0.3 is 15.2 Å². The molecule has 0 heterocycles. The van der Waals surface area contributed by atoms with Gasteiger partial charge in [0.15, 0.2) is 11.5 Å². The van der Waals surface area contributed by atoms with E-state index in [1.54, 1.807) is 6.07 Å². The summed E-state index contributed by atoms with van der Waals surface area (Å²) in [7, 11) is 0. The van der Waals surface area contributed by atoms with Gasteiger partial charge in [-0.25, -0.2) is 0 Å². The number of hydrogen-bond acceptors (Lipinski definition) is 3. The highest BCUT2D eigenvalue weighted by Gasteiger charge is 2.32. The Kier molecular flexibility index (Phi) is 6.93. The second kappa shape index (κ2) is 8.26. The van der Waals surface area contributed by atoms with Gasteiger partial charge in [0.2, 0.25) is 0 Å². The van der Waals surface area contributed by atoms with E-state index in [0.717, 1.165) is 16.7 Å². The molecule has 24 heavy (non-hydrogen) atoms. The Morgan fingerprint density at radius 1 is 1.00 bits per heavy atom. The van der Waals surface area contributed by atoms with Gasteiger partial charge >= 0.3 is 6.36 Å². The molecule has 0 unspecified atom stereocenters. The zero-order valence-electron chi connectivity index (χ0n) is 13.3. The molecule has 0 aliphatic carbocycles. The molecule has 3 nitrogen and oxygen atoms in total. The van der Waals surface area contributed by atoms with Crippen LogP contribution in [0, 0.1) is 13.8 Å². The quantitative estimate of drug-likeness (QED) is 0.844. The van der Waals surface area contributed by atoms with E-state index in [2.05, 4.69) is 4.74 Å². The van der Waals surface area contributed by atoms with Crippen LogP contribution in [0.5, 0.6) is 11.5 Å². The van der Waals surface area contributed by atoms with E-state index >= 15 is 0 Å². The van der Waals surface area contributed by atoms with Crippen LogP contribution in [-0.4, -0.2) is 19.5 Å². The molecule has 0 atom stereocenters. The van der Waals surface area contributed by atoms with Crippen molar-refractivity contribution in [3.05, 3.63) is 47.5 Å². The Hall–Kier alpha value is -1.92. The van der Waals surface area contributed by atoms with Crippen LogP contribution in [0.15, 0.2) is 36.4 Å². The Labute approximate surface area is 145 Å². The smallest absolute Gasteiger partial charge is 0.488 e. The average Bonchev–Trinajstić information content (AvgIpc) is 2.44. The van der Waals surface area contributed by atoms with Crippen molar-refractivity contribution < 1.29 is 22.6 Å². The molecule has 2 aromatic carbocycles. The van der Waals surface area contributed by atoms with E-state index in [4.69, 9.17) is 10.5 Å². The number of ether oxygens (including phenoxy) is 2. The zero-order chi connectivity index (χ0) is 17.0. The Morgan fingerprint density at radius 3 is 2.29 bits per heavy atom. The van der Waals surface area contributed by atoms with E-state index in [9.17, 15) is 13.2 Å². The van der Waals surface area contributed by atoms with Gasteiger partial charge in [-0.2, -0.15) is 0 Å². The number of benzene rings is 2. The normalized spacial score (nSPS) is 10.9. The summed E-state index contributed by atoms with van der Waals surface area (Å²) < 4.78 is 47.1. The molecule has 0 spiro atoms. The van der Waals surface area contributed by atoms with Crippen molar-refractivity contribution in [1.82, 2.24) is 0 Å². The van der Waals surface area contributed by atoms with E-state index < -0.39 is 6.36 Å². The van der Waals surface area contributed by atoms with Gasteiger partial charge in [0.05, 0.1) is 0 Å². The highest BCUT2D eigenvalue weighted by Crippen LogP contribution is 2.37. The van der Waals surface area contributed by atoms with E-state index in [0.29, 0.717) is 5.56 Å². The van der Waals surface area contributed by atoms with Crippen molar-refractivity contribution in [3.63, 3.8) is 0 Å². The summed E-state index contributed by atoms with van der Waals surface area (Å²) in [5, 5.41) is 0. The van der Waals surface area contributed by atoms with Gasteiger partial charge in [-0.05, 0) is 42.7 Å². The molecule has 0 amide bonds. The summed E-state index contributed by atoms with van der Waals surface area (Å²) in [4.78, 5) is 0. The summed E-state index contributed by atoms with van der Waals surface area (Å²) in [5.41, 5.74) is 8.84. The number of nitrogens with two attached hydrogens (primary N) is 1. The summed E-state index contributed by atoms with van der Waals surface area (Å²) in [6.45, 7) is 4.17. The monoisotopic (exact) mass is 361 g/mol. The molecule has 0 saturated heterocycles. The second-order valence-electron chi connectivity index (χ2n) is 5.16. The molecule has 2 N–H and O–H groups in total. The van der Waals surface area contributed by atoms with Crippen LogP contribution in [0.25, 0.3) is 11.1 Å². The number of alkyl halides is 3. The molecule has 0 aliphatic rings. The van der Waals surface area contributed by atoms with Crippen molar-refractivity contribution >= 4 is 12.4 Å². The molecule has 2 rings (SSSR count). The molecular formula is C17H19ClF3NO2. The molecular weight excluding hydrogens is 343 g/mol. The minimum absolute atomic E-state index is 0. The van der Waals surface area contributed by atoms with Crippen molar-refractivity contribution in [2.45, 2.75) is 20.2 Å². The minimum Gasteiger partial charge on any atom is -0.488 e. The molecule has 7 heteroatoms. The summed E-state index contributed by atoms with van der Waals surface area (Å²) in [6, 6.07) is 10.2. The van der Waals surface area contributed by atoms with Crippen molar-refractivity contribution in [1.29, 1.82) is 0 Å².